The second-order valence-electron chi connectivity index (χ2n) is 7.37. The zero-order valence-electron chi connectivity index (χ0n) is 17.8. The van der Waals surface area contributed by atoms with Crippen LogP contribution in [0.1, 0.15) is 38.3 Å². The summed E-state index contributed by atoms with van der Waals surface area (Å²) in [4.78, 5) is 27.4. The minimum atomic E-state index is -0.635. The number of carbonyl (C=O) groups is 2. The van der Waals surface area contributed by atoms with Gasteiger partial charge in [0, 0.05) is 33.4 Å². The van der Waals surface area contributed by atoms with Crippen LogP contribution in [-0.2, 0) is 21.9 Å². The Bertz CT molecular complexity index is 893. The van der Waals surface area contributed by atoms with E-state index in [4.69, 9.17) is 34.8 Å². The molecule has 2 atom stereocenters. The number of carbonyl (C=O) groups excluding carboxylic acids is 2. The van der Waals surface area contributed by atoms with Crippen LogP contribution >= 0.6 is 46.6 Å². The molecular weight excluding hydrogens is 475 g/mol. The molecule has 0 aliphatic heterocycles. The molecule has 31 heavy (non-hydrogen) atoms. The zero-order chi connectivity index (χ0) is 23.0. The molecule has 168 valence electrons. The molecule has 2 aromatic carbocycles. The molecule has 0 bridgehead atoms. The number of benzene rings is 2. The summed E-state index contributed by atoms with van der Waals surface area (Å²) in [6.07, 6.45) is 0.812. The predicted molar refractivity (Wildman–Crippen MR) is 132 cm³/mol. The van der Waals surface area contributed by atoms with Gasteiger partial charge < -0.3 is 10.2 Å². The fraction of sp³-hybridized carbons (Fsp3) is 0.391. The van der Waals surface area contributed by atoms with Gasteiger partial charge in [-0.1, -0.05) is 59.9 Å². The highest BCUT2D eigenvalue weighted by molar-refractivity contribution is 7.99. The van der Waals surface area contributed by atoms with Crippen molar-refractivity contribution < 1.29 is 9.59 Å². The highest BCUT2D eigenvalue weighted by atomic mass is 35.5. The summed E-state index contributed by atoms with van der Waals surface area (Å²) in [5.41, 5.74) is 1.82. The molecule has 8 heteroatoms. The molecule has 2 rings (SSSR count). The van der Waals surface area contributed by atoms with Gasteiger partial charge in [0.1, 0.15) is 6.04 Å². The van der Waals surface area contributed by atoms with E-state index < -0.39 is 6.04 Å². The maximum absolute atomic E-state index is 13.1. The van der Waals surface area contributed by atoms with Crippen molar-refractivity contribution in [2.75, 3.05) is 5.75 Å². The number of nitrogens with one attached hydrogen (secondary N) is 1. The minimum absolute atomic E-state index is 0.0327. The van der Waals surface area contributed by atoms with Crippen molar-refractivity contribution in [1.82, 2.24) is 10.2 Å². The van der Waals surface area contributed by atoms with Crippen molar-refractivity contribution in [3.63, 3.8) is 0 Å². The summed E-state index contributed by atoms with van der Waals surface area (Å²) in [6, 6.07) is 12.1. The molecule has 0 unspecified atom stereocenters. The van der Waals surface area contributed by atoms with Gasteiger partial charge in [-0.05, 0) is 55.7 Å². The normalized spacial score (nSPS) is 12.8. The summed E-state index contributed by atoms with van der Waals surface area (Å²) >= 11 is 19.7. The molecule has 1 N–H and O–H groups in total. The van der Waals surface area contributed by atoms with Gasteiger partial charge in [-0.3, -0.25) is 9.59 Å². The second-order valence-corrected chi connectivity index (χ2v) is 9.64. The molecule has 0 fully saturated rings. The van der Waals surface area contributed by atoms with E-state index in [1.807, 2.05) is 38.1 Å². The van der Waals surface area contributed by atoms with E-state index in [2.05, 4.69) is 5.32 Å². The van der Waals surface area contributed by atoms with Crippen molar-refractivity contribution >= 4 is 58.4 Å². The summed E-state index contributed by atoms with van der Waals surface area (Å²) in [7, 11) is 0. The van der Waals surface area contributed by atoms with E-state index in [0.717, 1.165) is 17.5 Å². The molecule has 0 heterocycles. The Balaban J connectivity index is 2.11. The maximum Gasteiger partial charge on any atom is 0.242 e. The number of hydrogen-bond acceptors (Lipinski definition) is 3. The Morgan fingerprint density at radius 2 is 1.68 bits per heavy atom. The first-order valence-corrected chi connectivity index (χ1v) is 12.4. The van der Waals surface area contributed by atoms with Crippen LogP contribution in [0.4, 0.5) is 0 Å². The monoisotopic (exact) mass is 500 g/mol. The first-order valence-electron chi connectivity index (χ1n) is 10.1. The van der Waals surface area contributed by atoms with Crippen molar-refractivity contribution in [3.8, 4) is 0 Å². The molecule has 0 radical (unpaired) electrons. The Morgan fingerprint density at radius 3 is 2.29 bits per heavy atom. The Labute approximate surface area is 203 Å². The third-order valence-corrected chi connectivity index (χ3v) is 6.76. The van der Waals surface area contributed by atoms with Crippen LogP contribution in [0.15, 0.2) is 42.5 Å². The Hall–Kier alpha value is -1.40. The average molecular weight is 502 g/mol. The second kappa shape index (κ2) is 12.6. The van der Waals surface area contributed by atoms with E-state index >= 15 is 0 Å². The highest BCUT2D eigenvalue weighted by Gasteiger charge is 2.27. The van der Waals surface area contributed by atoms with E-state index in [0.29, 0.717) is 20.8 Å². The minimum Gasteiger partial charge on any atom is -0.352 e. The third-order valence-electron chi connectivity index (χ3n) is 4.93. The van der Waals surface area contributed by atoms with Crippen LogP contribution in [0, 0.1) is 0 Å². The van der Waals surface area contributed by atoms with Gasteiger partial charge in [-0.15, -0.1) is 11.8 Å². The molecule has 4 nitrogen and oxygen atoms in total. The average Bonchev–Trinajstić information content (AvgIpc) is 2.73. The smallest absolute Gasteiger partial charge is 0.242 e. The van der Waals surface area contributed by atoms with Crippen LogP contribution in [0.5, 0.6) is 0 Å². The lowest BCUT2D eigenvalue weighted by Crippen LogP contribution is -2.50. The number of halogens is 3. The fourth-order valence-corrected chi connectivity index (χ4v) is 4.27. The predicted octanol–water partition coefficient (Wildman–Crippen LogP) is 6.21. The first kappa shape index (κ1) is 25.9. The van der Waals surface area contributed by atoms with Gasteiger partial charge in [0.25, 0.3) is 0 Å². The van der Waals surface area contributed by atoms with Crippen molar-refractivity contribution in [2.45, 2.75) is 51.6 Å². The number of nitrogens with zero attached hydrogens (tertiary/aromatic N) is 1. The topological polar surface area (TPSA) is 49.4 Å². The van der Waals surface area contributed by atoms with Crippen LogP contribution in [-0.4, -0.2) is 34.6 Å². The lowest BCUT2D eigenvalue weighted by molar-refractivity contribution is -0.138. The highest BCUT2D eigenvalue weighted by Crippen LogP contribution is 2.24. The number of thioether (sulfide) groups is 1. The van der Waals surface area contributed by atoms with Gasteiger partial charge in [0.05, 0.1) is 5.75 Å². The molecule has 2 aromatic rings. The van der Waals surface area contributed by atoms with Gasteiger partial charge in [-0.2, -0.15) is 0 Å². The van der Waals surface area contributed by atoms with Crippen molar-refractivity contribution in [1.29, 1.82) is 0 Å². The largest absolute Gasteiger partial charge is 0.352 e. The maximum atomic E-state index is 13.1. The van der Waals surface area contributed by atoms with E-state index in [1.54, 1.807) is 30.0 Å². The third kappa shape index (κ3) is 8.23. The zero-order valence-corrected chi connectivity index (χ0v) is 20.9. The van der Waals surface area contributed by atoms with E-state index in [-0.39, 0.29) is 30.2 Å². The Morgan fingerprint density at radius 1 is 1.03 bits per heavy atom. The number of rotatable bonds is 10. The van der Waals surface area contributed by atoms with Crippen LogP contribution in [0.2, 0.25) is 15.1 Å². The first-order chi connectivity index (χ1) is 14.7. The summed E-state index contributed by atoms with van der Waals surface area (Å²) in [6.45, 7) is 5.91. The summed E-state index contributed by atoms with van der Waals surface area (Å²) in [5, 5.41) is 4.62. The molecule has 0 spiro atoms. The molecule has 0 aliphatic rings. The Kier molecular flexibility index (Phi) is 10.5. The van der Waals surface area contributed by atoms with Crippen molar-refractivity contribution in [3.05, 3.63) is 68.7 Å². The van der Waals surface area contributed by atoms with Crippen LogP contribution in [0.3, 0.4) is 0 Å². The SMILES string of the molecule is CC[C@@H](C)NC(=O)[C@@H](C)N(Cc1ccc(Cl)cc1Cl)C(=O)CSCc1ccc(Cl)cc1. The van der Waals surface area contributed by atoms with Gasteiger partial charge in [0.2, 0.25) is 11.8 Å². The molecule has 0 saturated carbocycles. The number of amides is 2. The van der Waals surface area contributed by atoms with Gasteiger partial charge in [-0.25, -0.2) is 0 Å². The van der Waals surface area contributed by atoms with Gasteiger partial charge in [0.15, 0.2) is 0 Å². The van der Waals surface area contributed by atoms with Gasteiger partial charge >= 0.3 is 0 Å². The number of hydrogen-bond donors (Lipinski definition) is 1. The molecular formula is C23H27Cl3N2O2S. The van der Waals surface area contributed by atoms with Crippen LogP contribution in [0.25, 0.3) is 0 Å². The standard InChI is InChI=1S/C23H27Cl3N2O2S/c1-4-15(2)27-23(30)16(3)28(12-18-7-10-20(25)11-21(18)26)22(29)14-31-13-17-5-8-19(24)9-6-17/h5-11,15-16H,4,12-14H2,1-3H3,(H,27,30)/t15-,16-/m1/s1. The fourth-order valence-electron chi connectivity index (χ4n) is 2.80. The molecule has 2 amide bonds. The molecule has 0 saturated heterocycles. The summed E-state index contributed by atoms with van der Waals surface area (Å²) in [5.74, 6) is 0.605. The quantitative estimate of drug-likeness (QED) is 0.421. The lowest BCUT2D eigenvalue weighted by atomic mass is 10.1. The van der Waals surface area contributed by atoms with Crippen molar-refractivity contribution in [2.24, 2.45) is 0 Å². The molecule has 0 aliphatic carbocycles. The summed E-state index contributed by atoms with van der Waals surface area (Å²) < 4.78 is 0. The van der Waals surface area contributed by atoms with E-state index in [9.17, 15) is 9.59 Å². The lowest BCUT2D eigenvalue weighted by Gasteiger charge is -2.30. The van der Waals surface area contributed by atoms with Crippen LogP contribution < -0.4 is 5.32 Å². The van der Waals surface area contributed by atoms with E-state index in [1.165, 1.54) is 11.8 Å². The molecule has 0 aromatic heterocycles.